The van der Waals surface area contributed by atoms with Crippen LogP contribution < -0.4 is 0 Å². The van der Waals surface area contributed by atoms with Gasteiger partial charge in [0.25, 0.3) is 0 Å². The molecule has 0 amide bonds. The van der Waals surface area contributed by atoms with Crippen molar-refractivity contribution in [3.05, 3.63) is 0 Å². The fraction of sp³-hybridized carbons (Fsp3) is 0.964. The van der Waals surface area contributed by atoms with E-state index in [9.17, 15) is 14.7 Å². The molecule has 0 aliphatic carbocycles. The van der Waals surface area contributed by atoms with Gasteiger partial charge < -0.3 is 24.4 Å². The lowest BCUT2D eigenvalue weighted by molar-refractivity contribution is -0.146. The van der Waals surface area contributed by atoms with Crippen LogP contribution in [0, 0.1) is 11.8 Å². The molecule has 0 rings (SSSR count). The Kier molecular flexibility index (Phi) is 48.3. The van der Waals surface area contributed by atoms with Gasteiger partial charge in [0.05, 0.1) is 26.2 Å². The summed E-state index contributed by atoms with van der Waals surface area (Å²) in [6, 6.07) is 0. The normalized spacial score (nSPS) is 12.7. The van der Waals surface area contributed by atoms with E-state index in [4.69, 9.17) is 9.47 Å². The van der Waals surface area contributed by atoms with E-state index in [2.05, 4.69) is 44.4 Å². The van der Waals surface area contributed by atoms with Crippen LogP contribution in [0.3, 0.4) is 0 Å². The van der Waals surface area contributed by atoms with E-state index < -0.39 is 0 Å². The van der Waals surface area contributed by atoms with E-state index >= 15 is 0 Å². The number of aliphatic hydroxyl groups is 1. The Morgan fingerprint density at radius 3 is 1.10 bits per heavy atom. The van der Waals surface area contributed by atoms with Crippen molar-refractivity contribution in [1.82, 2.24) is 9.80 Å². The van der Waals surface area contributed by atoms with Crippen LogP contribution in [0.5, 0.6) is 0 Å². The Morgan fingerprint density at radius 2 is 0.710 bits per heavy atom. The first-order chi connectivity index (χ1) is 30.4. The highest BCUT2D eigenvalue weighted by Gasteiger charge is 2.16. The maximum atomic E-state index is 13.2. The predicted octanol–water partition coefficient (Wildman–Crippen LogP) is 15.4. The molecule has 0 aliphatic heterocycles. The summed E-state index contributed by atoms with van der Waals surface area (Å²) in [5.41, 5.74) is 0. The van der Waals surface area contributed by atoms with Crippen molar-refractivity contribution in [1.29, 1.82) is 0 Å². The van der Waals surface area contributed by atoms with Gasteiger partial charge >= 0.3 is 11.9 Å². The van der Waals surface area contributed by atoms with E-state index in [0.717, 1.165) is 45.4 Å². The SMILES string of the molecule is CCCCCCCCCCCCC(CCCCCCCCCC)COC(=O)CCN(CCCCCC(=O)OCC(CCCCCC)CCCCCCCC)CCN(CC)CCO. The average molecular weight is 879 g/mol. The van der Waals surface area contributed by atoms with Crippen LogP contribution in [0.4, 0.5) is 0 Å². The zero-order valence-corrected chi connectivity index (χ0v) is 42.7. The number of hydrogen-bond acceptors (Lipinski definition) is 7. The van der Waals surface area contributed by atoms with Crippen LogP contribution in [0.1, 0.15) is 272 Å². The van der Waals surface area contributed by atoms with Crippen LogP contribution in [0.15, 0.2) is 0 Å². The van der Waals surface area contributed by atoms with Crippen LogP contribution in [-0.4, -0.2) is 85.9 Å². The van der Waals surface area contributed by atoms with Crippen LogP contribution in [0.2, 0.25) is 0 Å². The first-order valence-electron chi connectivity index (χ1n) is 27.8. The summed E-state index contributed by atoms with van der Waals surface area (Å²) in [7, 11) is 0. The van der Waals surface area contributed by atoms with Gasteiger partial charge in [-0.15, -0.1) is 0 Å². The molecule has 0 fully saturated rings. The number of unbranched alkanes of at least 4 members (excludes halogenated alkanes) is 26. The number of esters is 2. The first kappa shape index (κ1) is 60.8. The van der Waals surface area contributed by atoms with Crippen molar-refractivity contribution >= 4 is 11.9 Å². The average Bonchev–Trinajstić information content (AvgIpc) is 3.28. The largest absolute Gasteiger partial charge is 0.465 e. The zero-order chi connectivity index (χ0) is 45.4. The minimum absolute atomic E-state index is 0.0393. The van der Waals surface area contributed by atoms with Gasteiger partial charge in [-0.25, -0.2) is 0 Å². The minimum atomic E-state index is -0.0652. The molecule has 62 heavy (non-hydrogen) atoms. The van der Waals surface area contributed by atoms with Gasteiger partial charge in [0.1, 0.15) is 0 Å². The van der Waals surface area contributed by atoms with Crippen LogP contribution in [-0.2, 0) is 19.1 Å². The van der Waals surface area contributed by atoms with E-state index in [1.54, 1.807) is 0 Å². The highest BCUT2D eigenvalue weighted by Crippen LogP contribution is 2.22. The topological polar surface area (TPSA) is 79.3 Å². The molecule has 370 valence electrons. The van der Waals surface area contributed by atoms with E-state index in [1.165, 1.54) is 205 Å². The van der Waals surface area contributed by atoms with Gasteiger partial charge in [0.15, 0.2) is 0 Å². The maximum absolute atomic E-state index is 13.2. The second kappa shape index (κ2) is 49.3. The Balaban J connectivity index is 4.90. The summed E-state index contributed by atoms with van der Waals surface area (Å²) in [6.07, 6.45) is 45.5. The van der Waals surface area contributed by atoms with Gasteiger partial charge in [0, 0.05) is 32.6 Å². The Hall–Kier alpha value is -1.18. The van der Waals surface area contributed by atoms with E-state index in [0.29, 0.717) is 51.0 Å². The second-order valence-corrected chi connectivity index (χ2v) is 19.3. The lowest BCUT2D eigenvalue weighted by atomic mass is 9.94. The van der Waals surface area contributed by atoms with Crippen molar-refractivity contribution < 1.29 is 24.2 Å². The summed E-state index contributed by atoms with van der Waals surface area (Å²) in [5, 5.41) is 9.56. The van der Waals surface area contributed by atoms with Crippen molar-refractivity contribution in [2.24, 2.45) is 11.8 Å². The minimum Gasteiger partial charge on any atom is -0.465 e. The number of aliphatic hydroxyl groups excluding tert-OH is 1. The van der Waals surface area contributed by atoms with Gasteiger partial charge in [-0.1, -0.05) is 221 Å². The molecule has 2 unspecified atom stereocenters. The molecule has 0 saturated heterocycles. The third-order valence-corrected chi connectivity index (χ3v) is 13.4. The van der Waals surface area contributed by atoms with Crippen LogP contribution in [0.25, 0.3) is 0 Å². The summed E-state index contributed by atoms with van der Waals surface area (Å²) in [4.78, 5) is 30.7. The molecule has 0 spiro atoms. The third-order valence-electron chi connectivity index (χ3n) is 13.4. The molecule has 0 aromatic rings. The van der Waals surface area contributed by atoms with E-state index in [-0.39, 0.29) is 18.5 Å². The third kappa shape index (κ3) is 42.8. The molecule has 1 N–H and O–H groups in total. The zero-order valence-electron chi connectivity index (χ0n) is 42.7. The quantitative estimate of drug-likeness (QED) is 0.0482. The second-order valence-electron chi connectivity index (χ2n) is 19.3. The van der Waals surface area contributed by atoms with Crippen molar-refractivity contribution in [2.75, 3.05) is 59.1 Å². The molecule has 0 aliphatic rings. The summed E-state index contributed by atoms with van der Waals surface area (Å²) in [6.45, 7) is 17.5. The molecule has 0 radical (unpaired) electrons. The van der Waals surface area contributed by atoms with Gasteiger partial charge in [-0.3, -0.25) is 9.59 Å². The predicted molar refractivity (Wildman–Crippen MR) is 268 cm³/mol. The highest BCUT2D eigenvalue weighted by atomic mass is 16.5. The Labute approximate surface area is 387 Å². The number of nitrogens with zero attached hydrogens (tertiary/aromatic N) is 2. The molecule has 0 saturated carbocycles. The van der Waals surface area contributed by atoms with Crippen molar-refractivity contribution in [3.8, 4) is 0 Å². The summed E-state index contributed by atoms with van der Waals surface area (Å²) < 4.78 is 11.9. The molecule has 0 aromatic carbocycles. The molecule has 0 bridgehead atoms. The highest BCUT2D eigenvalue weighted by molar-refractivity contribution is 5.69. The molecular formula is C55H110N2O5. The summed E-state index contributed by atoms with van der Waals surface area (Å²) in [5.74, 6) is 0.873. The number of likely N-dealkylation sites (N-methyl/N-ethyl adjacent to an activating group) is 1. The standard InChI is InChI=1S/C55H110N2O5/c1-6-11-15-19-22-24-25-27-30-35-41-53(40-34-29-26-23-20-16-12-7-2)51-62-55(60)43-45-57(47-46-56(10-5)48-49-58)44-37-31-36-42-54(59)61-50-52(38-32-18-14-9-4)39-33-28-21-17-13-8-3/h52-53,58H,6-51H2,1-5H3. The van der Waals surface area contributed by atoms with Gasteiger partial charge in [-0.05, 0) is 63.5 Å². The Morgan fingerprint density at radius 1 is 0.371 bits per heavy atom. The molecule has 7 heteroatoms. The lowest BCUT2D eigenvalue weighted by Crippen LogP contribution is -2.38. The van der Waals surface area contributed by atoms with Gasteiger partial charge in [0.2, 0.25) is 0 Å². The van der Waals surface area contributed by atoms with Crippen molar-refractivity contribution in [2.45, 2.75) is 272 Å². The molecule has 0 heterocycles. The number of hydrogen-bond donors (Lipinski definition) is 1. The van der Waals surface area contributed by atoms with E-state index in [1.807, 2.05) is 0 Å². The molecule has 0 aromatic heterocycles. The number of ether oxygens (including phenoxy) is 2. The molecular weight excluding hydrogens is 769 g/mol. The lowest BCUT2D eigenvalue weighted by Gasteiger charge is -2.26. The monoisotopic (exact) mass is 879 g/mol. The van der Waals surface area contributed by atoms with Crippen LogP contribution >= 0.6 is 0 Å². The molecule has 2 atom stereocenters. The number of carbonyl (C=O) groups is 2. The molecule has 7 nitrogen and oxygen atoms in total. The first-order valence-corrected chi connectivity index (χ1v) is 27.8. The smallest absolute Gasteiger partial charge is 0.307 e. The Bertz CT molecular complexity index is 918. The van der Waals surface area contributed by atoms with Crippen molar-refractivity contribution in [3.63, 3.8) is 0 Å². The number of rotatable bonds is 51. The fourth-order valence-electron chi connectivity index (χ4n) is 8.97. The number of carbonyl (C=O) groups excluding carboxylic acids is 2. The van der Waals surface area contributed by atoms with Gasteiger partial charge in [-0.2, -0.15) is 0 Å². The summed E-state index contributed by atoms with van der Waals surface area (Å²) >= 11 is 0. The fourth-order valence-corrected chi connectivity index (χ4v) is 8.97. The maximum Gasteiger partial charge on any atom is 0.307 e.